The molecule has 0 bridgehead atoms. The summed E-state index contributed by atoms with van der Waals surface area (Å²) < 4.78 is 1.42. The molecule has 6 nitrogen and oxygen atoms in total. The Kier molecular flexibility index (Phi) is 5.48. The second-order valence-corrected chi connectivity index (χ2v) is 7.93. The number of amides is 1. The van der Waals surface area contributed by atoms with Gasteiger partial charge in [0.2, 0.25) is 0 Å². The minimum Gasteiger partial charge on any atom is -0.298 e. The monoisotopic (exact) mass is 436 g/mol. The Morgan fingerprint density at radius 2 is 1.83 bits per heavy atom. The summed E-state index contributed by atoms with van der Waals surface area (Å²) >= 11 is 7.49. The van der Waals surface area contributed by atoms with Crippen molar-refractivity contribution in [2.45, 2.75) is 13.8 Å². The van der Waals surface area contributed by atoms with Gasteiger partial charge >= 0.3 is 0 Å². The average Bonchev–Trinajstić information content (AvgIpc) is 3.19. The average molecular weight is 437 g/mol. The van der Waals surface area contributed by atoms with Gasteiger partial charge in [0.15, 0.2) is 5.13 Å². The lowest BCUT2D eigenvalue weighted by molar-refractivity contribution is 0.102. The highest BCUT2D eigenvalue weighted by Crippen LogP contribution is 2.24. The van der Waals surface area contributed by atoms with Crippen molar-refractivity contribution in [3.05, 3.63) is 92.3 Å². The van der Waals surface area contributed by atoms with Crippen molar-refractivity contribution in [2.75, 3.05) is 5.32 Å². The largest absolute Gasteiger partial charge is 0.298 e. The number of hydrogen-bond acceptors (Lipinski definition) is 5. The second kappa shape index (κ2) is 8.22. The van der Waals surface area contributed by atoms with Gasteiger partial charge in [-0.05, 0) is 49.7 Å². The summed E-state index contributed by atoms with van der Waals surface area (Å²) in [6.45, 7) is 3.74. The SMILES string of the molecule is Cc1cccc(-c2csc(NC(=O)c3ccc(=O)n(-c4cccc(Cl)c4C)c3)n2)n1. The first kappa shape index (κ1) is 20.0. The summed E-state index contributed by atoms with van der Waals surface area (Å²) in [4.78, 5) is 34.0. The lowest BCUT2D eigenvalue weighted by Gasteiger charge is -2.11. The molecule has 1 aromatic carbocycles. The molecule has 3 aromatic heterocycles. The zero-order chi connectivity index (χ0) is 21.3. The highest BCUT2D eigenvalue weighted by Gasteiger charge is 2.13. The molecular formula is C22H17ClN4O2S. The van der Waals surface area contributed by atoms with Crippen LogP contribution >= 0.6 is 22.9 Å². The van der Waals surface area contributed by atoms with Crippen molar-refractivity contribution in [1.82, 2.24) is 14.5 Å². The standard InChI is InChI=1S/C22H17ClN4O2S/c1-13-5-3-7-17(24-13)18-12-30-22(25-18)26-21(29)15-9-10-20(28)27(11-15)19-8-4-6-16(23)14(19)2/h3-12H,1-2H3,(H,25,26,29). The molecule has 0 fully saturated rings. The Balaban J connectivity index is 1.61. The van der Waals surface area contributed by atoms with Crippen molar-refractivity contribution in [2.24, 2.45) is 0 Å². The summed E-state index contributed by atoms with van der Waals surface area (Å²) in [5.74, 6) is -0.360. The Bertz CT molecular complexity index is 1310. The maximum atomic E-state index is 12.8. The number of anilines is 1. The van der Waals surface area contributed by atoms with Crippen LogP contribution in [0.4, 0.5) is 5.13 Å². The van der Waals surface area contributed by atoms with Crippen LogP contribution in [0.5, 0.6) is 0 Å². The van der Waals surface area contributed by atoms with Gasteiger partial charge in [-0.15, -0.1) is 11.3 Å². The van der Waals surface area contributed by atoms with E-state index in [-0.39, 0.29) is 11.5 Å². The van der Waals surface area contributed by atoms with Gasteiger partial charge in [0, 0.05) is 28.4 Å². The fourth-order valence-corrected chi connectivity index (χ4v) is 3.84. The molecule has 0 unspecified atom stereocenters. The van der Waals surface area contributed by atoms with Gasteiger partial charge in [-0.3, -0.25) is 24.5 Å². The van der Waals surface area contributed by atoms with E-state index in [0.717, 1.165) is 17.0 Å². The number of carbonyl (C=O) groups excluding carboxylic acids is 1. The number of pyridine rings is 2. The topological polar surface area (TPSA) is 76.9 Å². The molecule has 3 heterocycles. The molecule has 0 radical (unpaired) electrons. The highest BCUT2D eigenvalue weighted by molar-refractivity contribution is 7.14. The van der Waals surface area contributed by atoms with E-state index in [9.17, 15) is 9.59 Å². The number of aromatic nitrogens is 3. The van der Waals surface area contributed by atoms with Crippen LogP contribution < -0.4 is 10.9 Å². The third-order valence-electron chi connectivity index (χ3n) is 4.55. The molecule has 0 atom stereocenters. The molecule has 0 spiro atoms. The first-order valence-corrected chi connectivity index (χ1v) is 10.4. The number of rotatable bonds is 4. The van der Waals surface area contributed by atoms with E-state index in [1.165, 1.54) is 34.2 Å². The van der Waals surface area contributed by atoms with Crippen LogP contribution in [0.2, 0.25) is 5.02 Å². The third kappa shape index (κ3) is 4.03. The molecule has 0 aliphatic rings. The Morgan fingerprint density at radius 3 is 2.63 bits per heavy atom. The van der Waals surface area contributed by atoms with Crippen molar-refractivity contribution in [3.63, 3.8) is 0 Å². The van der Waals surface area contributed by atoms with E-state index in [2.05, 4.69) is 15.3 Å². The van der Waals surface area contributed by atoms with Crippen LogP contribution in [-0.2, 0) is 0 Å². The van der Waals surface area contributed by atoms with E-state index in [0.29, 0.717) is 27.1 Å². The quantitative estimate of drug-likeness (QED) is 0.494. The van der Waals surface area contributed by atoms with Gasteiger partial charge in [0.05, 0.1) is 16.9 Å². The van der Waals surface area contributed by atoms with Crippen molar-refractivity contribution >= 4 is 34.0 Å². The summed E-state index contributed by atoms with van der Waals surface area (Å²) in [6, 6.07) is 13.9. The lowest BCUT2D eigenvalue weighted by Crippen LogP contribution is -2.21. The molecule has 150 valence electrons. The van der Waals surface area contributed by atoms with Crippen LogP contribution in [0.15, 0.2) is 64.9 Å². The summed E-state index contributed by atoms with van der Waals surface area (Å²) in [5, 5.41) is 5.63. The predicted molar refractivity (Wildman–Crippen MR) is 120 cm³/mol. The molecule has 8 heteroatoms. The maximum Gasteiger partial charge on any atom is 0.258 e. The van der Waals surface area contributed by atoms with E-state index in [4.69, 9.17) is 11.6 Å². The van der Waals surface area contributed by atoms with E-state index < -0.39 is 0 Å². The van der Waals surface area contributed by atoms with Gasteiger partial charge in [-0.2, -0.15) is 0 Å². The van der Waals surface area contributed by atoms with E-state index >= 15 is 0 Å². The number of benzene rings is 1. The zero-order valence-corrected chi connectivity index (χ0v) is 17.8. The van der Waals surface area contributed by atoms with Crippen molar-refractivity contribution < 1.29 is 4.79 Å². The fourth-order valence-electron chi connectivity index (χ4n) is 2.97. The number of nitrogens with zero attached hydrogens (tertiary/aromatic N) is 3. The minimum atomic E-state index is -0.360. The van der Waals surface area contributed by atoms with Crippen molar-refractivity contribution in [3.8, 4) is 17.1 Å². The fraction of sp³-hybridized carbons (Fsp3) is 0.0909. The van der Waals surface area contributed by atoms with Crippen LogP contribution in [0.3, 0.4) is 0 Å². The molecule has 0 aliphatic carbocycles. The lowest BCUT2D eigenvalue weighted by atomic mass is 10.2. The maximum absolute atomic E-state index is 12.8. The van der Waals surface area contributed by atoms with Gasteiger partial charge in [0.25, 0.3) is 11.5 Å². The molecule has 0 saturated heterocycles. The van der Waals surface area contributed by atoms with E-state index in [1.807, 2.05) is 37.4 Å². The molecule has 0 aliphatic heterocycles. The number of nitrogens with one attached hydrogen (secondary N) is 1. The molecule has 1 N–H and O–H groups in total. The smallest absolute Gasteiger partial charge is 0.258 e. The van der Waals surface area contributed by atoms with Crippen molar-refractivity contribution in [1.29, 1.82) is 0 Å². The van der Waals surface area contributed by atoms with Crippen LogP contribution in [-0.4, -0.2) is 20.4 Å². The molecule has 30 heavy (non-hydrogen) atoms. The Hall–Kier alpha value is -3.29. The summed E-state index contributed by atoms with van der Waals surface area (Å²) in [7, 11) is 0. The Labute approximate surface area is 181 Å². The molecule has 4 rings (SSSR count). The minimum absolute atomic E-state index is 0.251. The van der Waals surface area contributed by atoms with Crippen LogP contribution in [0.1, 0.15) is 21.6 Å². The summed E-state index contributed by atoms with van der Waals surface area (Å²) in [5.41, 5.74) is 3.80. The second-order valence-electron chi connectivity index (χ2n) is 6.67. The summed E-state index contributed by atoms with van der Waals surface area (Å²) in [6.07, 6.45) is 1.51. The highest BCUT2D eigenvalue weighted by atomic mass is 35.5. The first-order chi connectivity index (χ1) is 14.4. The van der Waals surface area contributed by atoms with E-state index in [1.54, 1.807) is 18.2 Å². The van der Waals surface area contributed by atoms with Gasteiger partial charge < -0.3 is 0 Å². The third-order valence-corrected chi connectivity index (χ3v) is 5.71. The number of halogens is 1. The van der Waals surface area contributed by atoms with Crippen LogP contribution in [0.25, 0.3) is 17.1 Å². The molecular weight excluding hydrogens is 420 g/mol. The number of hydrogen-bond donors (Lipinski definition) is 1. The zero-order valence-electron chi connectivity index (χ0n) is 16.2. The van der Waals surface area contributed by atoms with Crippen LogP contribution in [0, 0.1) is 13.8 Å². The number of carbonyl (C=O) groups is 1. The molecule has 0 saturated carbocycles. The Morgan fingerprint density at radius 1 is 1.03 bits per heavy atom. The molecule has 1 amide bonds. The van der Waals surface area contributed by atoms with Gasteiger partial charge in [-0.25, -0.2) is 4.98 Å². The molecule has 4 aromatic rings. The van der Waals surface area contributed by atoms with Gasteiger partial charge in [0.1, 0.15) is 5.69 Å². The number of aryl methyl sites for hydroxylation is 1. The normalized spacial score (nSPS) is 10.8. The predicted octanol–water partition coefficient (Wildman–Crippen LogP) is 4.88. The van der Waals surface area contributed by atoms with Gasteiger partial charge in [-0.1, -0.05) is 23.7 Å². The number of thiazole rings is 1. The first-order valence-electron chi connectivity index (χ1n) is 9.11.